The SMILES string of the molecule is CCC=C(NC(C)=O)C(=O)OCC. The summed E-state index contributed by atoms with van der Waals surface area (Å²) in [5, 5.41) is 2.41. The standard InChI is InChI=1S/C9H15NO3/c1-4-6-8(10-7(3)11)9(12)13-5-2/h6H,4-5H2,1-3H3,(H,10,11). The molecule has 0 rings (SSSR count). The van der Waals surface area contributed by atoms with Crippen LogP contribution in [0.4, 0.5) is 0 Å². The van der Waals surface area contributed by atoms with Crippen molar-refractivity contribution in [3.05, 3.63) is 11.8 Å². The van der Waals surface area contributed by atoms with E-state index in [0.29, 0.717) is 13.0 Å². The minimum absolute atomic E-state index is 0.219. The van der Waals surface area contributed by atoms with Crippen LogP contribution < -0.4 is 5.32 Å². The van der Waals surface area contributed by atoms with E-state index in [4.69, 9.17) is 4.74 Å². The van der Waals surface area contributed by atoms with Crippen molar-refractivity contribution in [3.8, 4) is 0 Å². The van der Waals surface area contributed by atoms with Crippen molar-refractivity contribution < 1.29 is 14.3 Å². The molecule has 0 atom stereocenters. The third-order valence-corrected chi connectivity index (χ3v) is 1.21. The molecule has 0 unspecified atom stereocenters. The zero-order chi connectivity index (χ0) is 10.3. The number of hydrogen-bond acceptors (Lipinski definition) is 3. The van der Waals surface area contributed by atoms with E-state index in [-0.39, 0.29) is 11.6 Å². The number of esters is 1. The van der Waals surface area contributed by atoms with Crippen LogP contribution in [0.1, 0.15) is 27.2 Å². The molecule has 0 aromatic carbocycles. The number of rotatable bonds is 4. The van der Waals surface area contributed by atoms with Crippen LogP contribution in [-0.2, 0) is 14.3 Å². The molecular weight excluding hydrogens is 170 g/mol. The van der Waals surface area contributed by atoms with Gasteiger partial charge in [-0.1, -0.05) is 13.0 Å². The smallest absolute Gasteiger partial charge is 0.354 e. The zero-order valence-corrected chi connectivity index (χ0v) is 8.22. The van der Waals surface area contributed by atoms with Crippen molar-refractivity contribution >= 4 is 11.9 Å². The van der Waals surface area contributed by atoms with Crippen LogP contribution in [0.3, 0.4) is 0 Å². The monoisotopic (exact) mass is 185 g/mol. The van der Waals surface area contributed by atoms with E-state index in [9.17, 15) is 9.59 Å². The number of nitrogens with one attached hydrogen (secondary N) is 1. The topological polar surface area (TPSA) is 55.4 Å². The minimum atomic E-state index is -0.487. The Kier molecular flexibility index (Phi) is 5.59. The average Bonchev–Trinajstić information content (AvgIpc) is 2.03. The Bertz CT molecular complexity index is 221. The highest BCUT2D eigenvalue weighted by Gasteiger charge is 2.10. The maximum absolute atomic E-state index is 11.2. The van der Waals surface area contributed by atoms with Gasteiger partial charge in [-0.2, -0.15) is 0 Å². The van der Waals surface area contributed by atoms with E-state index < -0.39 is 5.97 Å². The number of carbonyl (C=O) groups is 2. The molecule has 0 spiro atoms. The first-order valence-electron chi connectivity index (χ1n) is 4.26. The Balaban J connectivity index is 4.33. The van der Waals surface area contributed by atoms with Gasteiger partial charge >= 0.3 is 5.97 Å². The number of allylic oxidation sites excluding steroid dienone is 1. The van der Waals surface area contributed by atoms with Crippen LogP contribution in [0.2, 0.25) is 0 Å². The predicted molar refractivity (Wildman–Crippen MR) is 48.8 cm³/mol. The van der Waals surface area contributed by atoms with Gasteiger partial charge < -0.3 is 10.1 Å². The summed E-state index contributed by atoms with van der Waals surface area (Å²) in [6.07, 6.45) is 2.30. The number of carbonyl (C=O) groups excluding carboxylic acids is 2. The summed E-state index contributed by atoms with van der Waals surface area (Å²) in [6.45, 7) is 5.25. The van der Waals surface area contributed by atoms with Crippen LogP contribution in [0, 0.1) is 0 Å². The first-order valence-corrected chi connectivity index (χ1v) is 4.26. The maximum atomic E-state index is 11.2. The molecule has 0 aliphatic heterocycles. The molecule has 0 radical (unpaired) electrons. The van der Waals surface area contributed by atoms with E-state index in [0.717, 1.165) is 0 Å². The van der Waals surface area contributed by atoms with Crippen molar-refractivity contribution in [1.82, 2.24) is 5.32 Å². The molecule has 13 heavy (non-hydrogen) atoms. The lowest BCUT2D eigenvalue weighted by molar-refractivity contribution is -0.140. The molecule has 0 heterocycles. The first kappa shape index (κ1) is 11.7. The average molecular weight is 185 g/mol. The lowest BCUT2D eigenvalue weighted by Crippen LogP contribution is -2.26. The fourth-order valence-corrected chi connectivity index (χ4v) is 0.788. The molecule has 0 saturated heterocycles. The summed E-state index contributed by atoms with van der Waals surface area (Å²) < 4.78 is 4.74. The van der Waals surface area contributed by atoms with Gasteiger partial charge in [0.15, 0.2) is 0 Å². The first-order chi connectivity index (χ1) is 6.11. The summed E-state index contributed by atoms with van der Waals surface area (Å²) in [7, 11) is 0. The van der Waals surface area contributed by atoms with Crippen molar-refractivity contribution in [2.75, 3.05) is 6.61 Å². The Morgan fingerprint density at radius 3 is 2.38 bits per heavy atom. The number of hydrogen-bond donors (Lipinski definition) is 1. The molecule has 0 aliphatic carbocycles. The van der Waals surface area contributed by atoms with E-state index in [2.05, 4.69) is 5.32 Å². The van der Waals surface area contributed by atoms with Crippen LogP contribution >= 0.6 is 0 Å². The fraction of sp³-hybridized carbons (Fsp3) is 0.556. The van der Waals surface area contributed by atoms with Crippen LogP contribution in [0.5, 0.6) is 0 Å². The van der Waals surface area contributed by atoms with Gasteiger partial charge in [0.2, 0.25) is 5.91 Å². The second-order valence-electron chi connectivity index (χ2n) is 2.43. The van der Waals surface area contributed by atoms with E-state index in [1.165, 1.54) is 6.92 Å². The zero-order valence-electron chi connectivity index (χ0n) is 8.22. The summed E-state index contributed by atoms with van der Waals surface area (Å²) in [5.41, 5.74) is 0.219. The van der Waals surface area contributed by atoms with Gasteiger partial charge in [0.25, 0.3) is 0 Å². The molecule has 1 amide bonds. The van der Waals surface area contributed by atoms with Gasteiger partial charge in [0.05, 0.1) is 6.61 Å². The van der Waals surface area contributed by atoms with E-state index >= 15 is 0 Å². The Morgan fingerprint density at radius 2 is 2.00 bits per heavy atom. The summed E-state index contributed by atoms with van der Waals surface area (Å²) >= 11 is 0. The molecule has 0 aromatic heterocycles. The molecule has 74 valence electrons. The molecule has 0 bridgehead atoms. The number of ether oxygens (including phenoxy) is 1. The highest BCUT2D eigenvalue weighted by atomic mass is 16.5. The van der Waals surface area contributed by atoms with Gasteiger partial charge in [-0.05, 0) is 13.3 Å². The van der Waals surface area contributed by atoms with Gasteiger partial charge in [0.1, 0.15) is 5.70 Å². The molecule has 0 aliphatic rings. The van der Waals surface area contributed by atoms with E-state index in [1.54, 1.807) is 13.0 Å². The molecule has 1 N–H and O–H groups in total. The van der Waals surface area contributed by atoms with Crippen molar-refractivity contribution in [1.29, 1.82) is 0 Å². The molecule has 4 heteroatoms. The van der Waals surface area contributed by atoms with Crippen LogP contribution in [-0.4, -0.2) is 18.5 Å². The largest absolute Gasteiger partial charge is 0.461 e. The number of amides is 1. The molecule has 4 nitrogen and oxygen atoms in total. The fourth-order valence-electron chi connectivity index (χ4n) is 0.788. The van der Waals surface area contributed by atoms with Crippen molar-refractivity contribution in [2.45, 2.75) is 27.2 Å². The summed E-state index contributed by atoms with van der Waals surface area (Å²) in [6, 6.07) is 0. The lowest BCUT2D eigenvalue weighted by atomic mass is 10.3. The third kappa shape index (κ3) is 5.00. The van der Waals surface area contributed by atoms with Gasteiger partial charge in [-0.15, -0.1) is 0 Å². The highest BCUT2D eigenvalue weighted by molar-refractivity contribution is 5.93. The van der Waals surface area contributed by atoms with Gasteiger partial charge in [-0.3, -0.25) is 4.79 Å². The van der Waals surface area contributed by atoms with E-state index in [1.807, 2.05) is 6.92 Å². The molecule has 0 saturated carbocycles. The quantitative estimate of drug-likeness (QED) is 0.524. The second kappa shape index (κ2) is 6.22. The maximum Gasteiger partial charge on any atom is 0.354 e. The Labute approximate surface area is 78.0 Å². The molecular formula is C9H15NO3. The summed E-state index contributed by atoms with van der Waals surface area (Å²) in [4.78, 5) is 21.8. The predicted octanol–water partition coefficient (Wildman–Crippen LogP) is 0.980. The van der Waals surface area contributed by atoms with Crippen LogP contribution in [0.25, 0.3) is 0 Å². The Morgan fingerprint density at radius 1 is 1.38 bits per heavy atom. The minimum Gasteiger partial charge on any atom is -0.461 e. The van der Waals surface area contributed by atoms with Gasteiger partial charge in [-0.25, -0.2) is 4.79 Å². The highest BCUT2D eigenvalue weighted by Crippen LogP contribution is 1.96. The molecule has 0 aromatic rings. The third-order valence-electron chi connectivity index (χ3n) is 1.21. The van der Waals surface area contributed by atoms with Gasteiger partial charge in [0, 0.05) is 6.92 Å². The van der Waals surface area contributed by atoms with Crippen LogP contribution in [0.15, 0.2) is 11.8 Å². The van der Waals surface area contributed by atoms with Crippen molar-refractivity contribution in [3.63, 3.8) is 0 Å². The second-order valence-corrected chi connectivity index (χ2v) is 2.43. The normalized spacial score (nSPS) is 10.8. The summed E-state index contributed by atoms with van der Waals surface area (Å²) in [5.74, 6) is -0.757. The molecule has 0 fully saturated rings. The van der Waals surface area contributed by atoms with Crippen molar-refractivity contribution in [2.24, 2.45) is 0 Å². The Hall–Kier alpha value is -1.32. The lowest BCUT2D eigenvalue weighted by Gasteiger charge is -2.06.